The molecule has 2 fully saturated rings. The van der Waals surface area contributed by atoms with Crippen LogP contribution in [-0.4, -0.2) is 61.6 Å². The number of piperidine rings is 2. The number of hydrogen-bond acceptors (Lipinski definition) is 3. The van der Waals surface area contributed by atoms with Gasteiger partial charge in [0, 0.05) is 45.1 Å². The second-order valence-electron chi connectivity index (χ2n) is 7.24. The van der Waals surface area contributed by atoms with Crippen LogP contribution in [0.5, 0.6) is 0 Å². The van der Waals surface area contributed by atoms with Gasteiger partial charge in [-0.25, -0.2) is 4.79 Å². The molecule has 0 saturated carbocycles. The molecular weight excluding hydrogens is 354 g/mol. The van der Waals surface area contributed by atoms with Crippen LogP contribution in [0.15, 0.2) is 24.3 Å². The van der Waals surface area contributed by atoms with Crippen molar-refractivity contribution in [3.63, 3.8) is 0 Å². The molecule has 0 unspecified atom stereocenters. The zero-order chi connectivity index (χ0) is 18.6. The van der Waals surface area contributed by atoms with Crippen molar-refractivity contribution in [2.45, 2.75) is 25.7 Å². The number of para-hydroxylation sites is 1. The zero-order valence-corrected chi connectivity index (χ0v) is 15.9. The number of urea groups is 1. The highest BCUT2D eigenvalue weighted by molar-refractivity contribution is 6.33. The van der Waals surface area contributed by atoms with Gasteiger partial charge in [-0.3, -0.25) is 4.79 Å². The van der Waals surface area contributed by atoms with E-state index in [4.69, 9.17) is 16.3 Å². The number of amides is 3. The van der Waals surface area contributed by atoms with Gasteiger partial charge in [-0.05, 0) is 31.4 Å². The summed E-state index contributed by atoms with van der Waals surface area (Å²) in [5.41, 5.74) is 0.608. The van der Waals surface area contributed by atoms with Gasteiger partial charge in [0.05, 0.1) is 17.3 Å². The van der Waals surface area contributed by atoms with E-state index in [1.807, 2.05) is 21.9 Å². The van der Waals surface area contributed by atoms with Crippen molar-refractivity contribution in [1.29, 1.82) is 0 Å². The van der Waals surface area contributed by atoms with Gasteiger partial charge < -0.3 is 19.9 Å². The fourth-order valence-electron chi connectivity index (χ4n) is 3.98. The van der Waals surface area contributed by atoms with Crippen LogP contribution in [0.2, 0.25) is 5.02 Å². The Morgan fingerprint density at radius 1 is 1.31 bits per heavy atom. The number of likely N-dealkylation sites (tertiary alicyclic amines) is 2. The van der Waals surface area contributed by atoms with Gasteiger partial charge >= 0.3 is 6.03 Å². The van der Waals surface area contributed by atoms with Crippen molar-refractivity contribution in [3.05, 3.63) is 29.3 Å². The van der Waals surface area contributed by atoms with Gasteiger partial charge in [-0.1, -0.05) is 23.7 Å². The van der Waals surface area contributed by atoms with Crippen LogP contribution in [0, 0.1) is 5.41 Å². The second-order valence-corrected chi connectivity index (χ2v) is 7.65. The number of methoxy groups -OCH3 is 1. The number of rotatable bonds is 4. The van der Waals surface area contributed by atoms with E-state index in [9.17, 15) is 9.59 Å². The molecule has 1 atom stereocenters. The first-order valence-corrected chi connectivity index (χ1v) is 9.48. The average Bonchev–Trinajstić information content (AvgIpc) is 2.65. The maximum atomic E-state index is 12.7. The lowest BCUT2D eigenvalue weighted by Crippen LogP contribution is -2.56. The van der Waals surface area contributed by atoms with E-state index in [2.05, 4.69) is 5.32 Å². The lowest BCUT2D eigenvalue weighted by Gasteiger charge is -2.48. The molecule has 0 radical (unpaired) electrons. The summed E-state index contributed by atoms with van der Waals surface area (Å²) in [4.78, 5) is 28.7. The Kier molecular flexibility index (Phi) is 6.04. The number of nitrogens with one attached hydrogen (secondary N) is 1. The fourth-order valence-corrected chi connectivity index (χ4v) is 4.16. The molecule has 2 aliphatic heterocycles. The number of carbonyl (C=O) groups excluding carboxylic acids is 2. The third-order valence-corrected chi connectivity index (χ3v) is 5.71. The molecule has 1 aromatic rings. The second kappa shape index (κ2) is 8.27. The van der Waals surface area contributed by atoms with Gasteiger partial charge in [-0.2, -0.15) is 0 Å². The minimum Gasteiger partial charge on any atom is -0.383 e. The summed E-state index contributed by atoms with van der Waals surface area (Å²) in [5, 5.41) is 3.44. The Morgan fingerprint density at radius 2 is 2.12 bits per heavy atom. The van der Waals surface area contributed by atoms with E-state index < -0.39 is 0 Å². The minimum atomic E-state index is -0.127. The van der Waals surface area contributed by atoms with E-state index in [1.54, 1.807) is 19.2 Å². The normalized spacial score (nSPS) is 23.4. The largest absolute Gasteiger partial charge is 0.383 e. The van der Waals surface area contributed by atoms with Gasteiger partial charge in [0.1, 0.15) is 0 Å². The van der Waals surface area contributed by atoms with E-state index in [1.165, 1.54) is 0 Å². The Balaban J connectivity index is 1.65. The van der Waals surface area contributed by atoms with Gasteiger partial charge in [0.2, 0.25) is 5.91 Å². The lowest BCUT2D eigenvalue weighted by atomic mass is 9.73. The first kappa shape index (κ1) is 19.0. The summed E-state index contributed by atoms with van der Waals surface area (Å²) in [6.45, 7) is 3.25. The van der Waals surface area contributed by atoms with Crippen LogP contribution in [0.3, 0.4) is 0 Å². The van der Waals surface area contributed by atoms with Gasteiger partial charge in [0.25, 0.3) is 0 Å². The number of halogens is 1. The summed E-state index contributed by atoms with van der Waals surface area (Å²) >= 11 is 6.14. The summed E-state index contributed by atoms with van der Waals surface area (Å²) < 4.78 is 5.12. The van der Waals surface area contributed by atoms with Crippen molar-refractivity contribution >= 4 is 29.2 Å². The highest BCUT2D eigenvalue weighted by atomic mass is 35.5. The zero-order valence-electron chi connectivity index (χ0n) is 15.2. The van der Waals surface area contributed by atoms with Crippen molar-refractivity contribution in [1.82, 2.24) is 9.80 Å². The summed E-state index contributed by atoms with van der Waals surface area (Å²) in [5.74, 6) is 0.185. The average molecular weight is 380 g/mol. The molecule has 2 saturated heterocycles. The van der Waals surface area contributed by atoms with Crippen molar-refractivity contribution in [2.75, 3.05) is 45.2 Å². The maximum Gasteiger partial charge on any atom is 0.321 e. The molecule has 0 bridgehead atoms. The Morgan fingerprint density at radius 3 is 2.88 bits per heavy atom. The quantitative estimate of drug-likeness (QED) is 0.873. The first-order valence-electron chi connectivity index (χ1n) is 9.10. The number of hydrogen-bond donors (Lipinski definition) is 1. The number of nitrogens with zero attached hydrogens (tertiary/aromatic N) is 2. The molecule has 6 nitrogen and oxygen atoms in total. The highest BCUT2D eigenvalue weighted by Gasteiger charge is 2.42. The van der Waals surface area contributed by atoms with E-state index in [-0.39, 0.29) is 17.4 Å². The highest BCUT2D eigenvalue weighted by Crippen LogP contribution is 2.39. The monoisotopic (exact) mass is 379 g/mol. The molecule has 142 valence electrons. The summed E-state index contributed by atoms with van der Waals surface area (Å²) in [6, 6.07) is 7.11. The molecule has 26 heavy (non-hydrogen) atoms. The van der Waals surface area contributed by atoms with Crippen molar-refractivity contribution in [3.8, 4) is 0 Å². The standard InChI is InChI=1S/C19H26ClN3O3/c1-26-12-11-22-13-19(9-7-17(22)24)8-4-10-23(14-19)18(25)21-16-6-3-2-5-15(16)20/h2-3,5-6H,4,7-14H2,1H3,(H,21,25)/t19-/m1/s1. The molecule has 0 aliphatic carbocycles. The lowest BCUT2D eigenvalue weighted by molar-refractivity contribution is -0.139. The number of ether oxygens (including phenoxy) is 1. The Hall–Kier alpha value is -1.79. The smallest absolute Gasteiger partial charge is 0.321 e. The third kappa shape index (κ3) is 4.30. The molecule has 1 aromatic carbocycles. The molecule has 3 amide bonds. The number of anilines is 1. The van der Waals surface area contributed by atoms with Crippen LogP contribution in [0.25, 0.3) is 0 Å². The first-order chi connectivity index (χ1) is 12.5. The Bertz CT molecular complexity index is 669. The van der Waals surface area contributed by atoms with Crippen LogP contribution in [0.1, 0.15) is 25.7 Å². The molecule has 2 aliphatic rings. The molecule has 1 spiro atoms. The molecule has 0 aromatic heterocycles. The summed E-state index contributed by atoms with van der Waals surface area (Å²) in [7, 11) is 1.64. The van der Waals surface area contributed by atoms with Crippen LogP contribution >= 0.6 is 11.6 Å². The SMILES string of the molecule is COCCN1C[C@@]2(CCCN(C(=O)Nc3ccccc3Cl)C2)CCC1=O. The predicted octanol–water partition coefficient (Wildman–Crippen LogP) is 3.22. The molecule has 3 rings (SSSR count). The predicted molar refractivity (Wildman–Crippen MR) is 101 cm³/mol. The molecule has 7 heteroatoms. The molecule has 1 N–H and O–H groups in total. The van der Waals surface area contributed by atoms with E-state index in [0.29, 0.717) is 43.4 Å². The summed E-state index contributed by atoms with van der Waals surface area (Å²) in [6.07, 6.45) is 3.37. The topological polar surface area (TPSA) is 61.9 Å². The number of carbonyl (C=O) groups is 2. The van der Waals surface area contributed by atoms with Crippen molar-refractivity contribution in [2.24, 2.45) is 5.41 Å². The van der Waals surface area contributed by atoms with Gasteiger partial charge in [-0.15, -0.1) is 0 Å². The van der Waals surface area contributed by atoms with Gasteiger partial charge in [0.15, 0.2) is 0 Å². The Labute approximate surface area is 159 Å². The van der Waals surface area contributed by atoms with E-state index in [0.717, 1.165) is 25.8 Å². The molecular formula is C19H26ClN3O3. The van der Waals surface area contributed by atoms with Crippen LogP contribution in [-0.2, 0) is 9.53 Å². The fraction of sp³-hybridized carbons (Fsp3) is 0.579. The minimum absolute atomic E-state index is 0.0161. The number of benzene rings is 1. The van der Waals surface area contributed by atoms with E-state index >= 15 is 0 Å². The third-order valence-electron chi connectivity index (χ3n) is 5.38. The van der Waals surface area contributed by atoms with Crippen LogP contribution in [0.4, 0.5) is 10.5 Å². The maximum absolute atomic E-state index is 12.7. The van der Waals surface area contributed by atoms with Crippen molar-refractivity contribution < 1.29 is 14.3 Å². The molecule has 2 heterocycles. The van der Waals surface area contributed by atoms with Crippen LogP contribution < -0.4 is 5.32 Å².